The van der Waals surface area contributed by atoms with Gasteiger partial charge < -0.3 is 5.73 Å². The van der Waals surface area contributed by atoms with Crippen molar-refractivity contribution in [2.75, 3.05) is 11.1 Å². The zero-order valence-corrected chi connectivity index (χ0v) is 11.3. The van der Waals surface area contributed by atoms with Gasteiger partial charge in [-0.05, 0) is 12.5 Å². The lowest BCUT2D eigenvalue weighted by molar-refractivity contribution is -0.383. The third-order valence-electron chi connectivity index (χ3n) is 2.51. The molecule has 2 aromatic rings. The van der Waals surface area contributed by atoms with Gasteiger partial charge in [-0.1, -0.05) is 24.3 Å². The number of nitro groups is 1. The highest BCUT2D eigenvalue weighted by molar-refractivity contribution is 7.15. The van der Waals surface area contributed by atoms with Crippen LogP contribution in [-0.4, -0.2) is 21.0 Å². The van der Waals surface area contributed by atoms with Crippen molar-refractivity contribution in [3.8, 4) is 0 Å². The Morgan fingerprint density at radius 2 is 2.25 bits per heavy atom. The molecule has 0 bridgehead atoms. The molecule has 8 nitrogen and oxygen atoms in total. The fourth-order valence-corrected chi connectivity index (χ4v) is 2.20. The number of nitrogen functional groups attached to an aromatic ring is 1. The van der Waals surface area contributed by atoms with Crippen LogP contribution in [0.15, 0.2) is 18.2 Å². The summed E-state index contributed by atoms with van der Waals surface area (Å²) in [6.07, 6.45) is 0.715. The molecule has 104 valence electrons. The molecule has 1 heterocycles. The van der Waals surface area contributed by atoms with Gasteiger partial charge in [-0.3, -0.25) is 20.2 Å². The topological polar surface area (TPSA) is 124 Å². The van der Waals surface area contributed by atoms with Crippen molar-refractivity contribution in [3.63, 3.8) is 0 Å². The SMILES string of the molecule is CCc1nnc(NC(=O)c2cccc([N+](=O)[O-])c2N)s1. The molecule has 0 saturated carbocycles. The van der Waals surface area contributed by atoms with Gasteiger partial charge in [0.2, 0.25) is 5.13 Å². The molecule has 0 atom stereocenters. The molecule has 0 fully saturated rings. The molecule has 0 aliphatic heterocycles. The Morgan fingerprint density at radius 1 is 1.50 bits per heavy atom. The molecular weight excluding hydrogens is 282 g/mol. The van der Waals surface area contributed by atoms with Crippen LogP contribution in [0.2, 0.25) is 0 Å². The van der Waals surface area contributed by atoms with E-state index in [1.54, 1.807) is 0 Å². The number of hydrogen-bond acceptors (Lipinski definition) is 7. The lowest BCUT2D eigenvalue weighted by Gasteiger charge is -2.04. The molecule has 0 aliphatic rings. The van der Waals surface area contributed by atoms with Crippen LogP contribution >= 0.6 is 11.3 Å². The van der Waals surface area contributed by atoms with Crippen LogP contribution in [0, 0.1) is 10.1 Å². The highest BCUT2D eigenvalue weighted by Gasteiger charge is 2.19. The highest BCUT2D eigenvalue weighted by Crippen LogP contribution is 2.26. The number of hydrogen-bond donors (Lipinski definition) is 2. The van der Waals surface area contributed by atoms with E-state index in [1.807, 2.05) is 6.92 Å². The minimum atomic E-state index is -0.633. The zero-order valence-electron chi connectivity index (χ0n) is 10.5. The number of aromatic nitrogens is 2. The fraction of sp³-hybridized carbons (Fsp3) is 0.182. The second kappa shape index (κ2) is 5.61. The first-order valence-electron chi connectivity index (χ1n) is 5.69. The number of rotatable bonds is 4. The standard InChI is InChI=1S/C11H11N5O3S/c1-2-8-14-15-11(20-8)13-10(17)6-4-3-5-7(9(6)12)16(18)19/h3-5H,2,12H2,1H3,(H,13,15,17). The van der Waals surface area contributed by atoms with Crippen LogP contribution < -0.4 is 11.1 Å². The maximum absolute atomic E-state index is 12.0. The van der Waals surface area contributed by atoms with Gasteiger partial charge in [0.15, 0.2) is 0 Å². The van der Waals surface area contributed by atoms with Crippen LogP contribution in [0.25, 0.3) is 0 Å². The molecule has 9 heteroatoms. The van der Waals surface area contributed by atoms with Gasteiger partial charge in [0.05, 0.1) is 10.5 Å². The number of para-hydroxylation sites is 1. The van der Waals surface area contributed by atoms with Gasteiger partial charge in [-0.25, -0.2) is 0 Å². The Balaban J connectivity index is 2.25. The van der Waals surface area contributed by atoms with Gasteiger partial charge >= 0.3 is 0 Å². The minimum absolute atomic E-state index is 0.0347. The normalized spacial score (nSPS) is 10.2. The minimum Gasteiger partial charge on any atom is -0.393 e. The predicted molar refractivity (Wildman–Crippen MR) is 74.7 cm³/mol. The number of benzene rings is 1. The third kappa shape index (κ3) is 2.72. The monoisotopic (exact) mass is 293 g/mol. The Kier molecular flexibility index (Phi) is 3.89. The molecule has 0 unspecified atom stereocenters. The van der Waals surface area contributed by atoms with Crippen molar-refractivity contribution < 1.29 is 9.72 Å². The van der Waals surface area contributed by atoms with Crippen LogP contribution in [0.1, 0.15) is 22.3 Å². The first-order valence-corrected chi connectivity index (χ1v) is 6.51. The Bertz CT molecular complexity index is 670. The molecule has 0 radical (unpaired) electrons. The maximum atomic E-state index is 12.0. The van der Waals surface area contributed by atoms with Gasteiger partial charge in [0.25, 0.3) is 11.6 Å². The van der Waals surface area contributed by atoms with Crippen LogP contribution in [0.5, 0.6) is 0 Å². The van der Waals surface area contributed by atoms with Crippen molar-refractivity contribution >= 4 is 33.8 Å². The number of nitrogens with two attached hydrogens (primary N) is 1. The maximum Gasteiger partial charge on any atom is 0.292 e. The van der Waals surface area contributed by atoms with E-state index in [1.165, 1.54) is 29.5 Å². The predicted octanol–water partition coefficient (Wildman–Crippen LogP) is 1.84. The molecule has 20 heavy (non-hydrogen) atoms. The molecule has 0 spiro atoms. The first kappa shape index (κ1) is 13.9. The summed E-state index contributed by atoms with van der Waals surface area (Å²) in [6, 6.07) is 4.06. The van der Waals surface area contributed by atoms with Gasteiger partial charge in [0, 0.05) is 6.07 Å². The van der Waals surface area contributed by atoms with E-state index in [2.05, 4.69) is 15.5 Å². The van der Waals surface area contributed by atoms with Crippen LogP contribution in [-0.2, 0) is 6.42 Å². The number of nitro benzene ring substituents is 1. The van der Waals surface area contributed by atoms with Crippen molar-refractivity contribution in [1.82, 2.24) is 10.2 Å². The molecular formula is C11H11N5O3S. The van der Waals surface area contributed by atoms with Crippen LogP contribution in [0.4, 0.5) is 16.5 Å². The van der Waals surface area contributed by atoms with E-state index in [0.29, 0.717) is 11.6 Å². The second-order valence-electron chi connectivity index (χ2n) is 3.80. The number of anilines is 2. The quantitative estimate of drug-likeness (QED) is 0.503. The molecule has 1 aromatic carbocycles. The average molecular weight is 293 g/mol. The smallest absolute Gasteiger partial charge is 0.292 e. The van der Waals surface area contributed by atoms with E-state index >= 15 is 0 Å². The Morgan fingerprint density at radius 3 is 2.85 bits per heavy atom. The summed E-state index contributed by atoms with van der Waals surface area (Å²) < 4.78 is 0. The lowest BCUT2D eigenvalue weighted by atomic mass is 10.1. The molecule has 1 aromatic heterocycles. The van der Waals surface area contributed by atoms with Gasteiger partial charge in [0.1, 0.15) is 10.7 Å². The summed E-state index contributed by atoms with van der Waals surface area (Å²) >= 11 is 1.24. The van der Waals surface area contributed by atoms with E-state index in [0.717, 1.165) is 5.01 Å². The van der Waals surface area contributed by atoms with Crippen molar-refractivity contribution in [3.05, 3.63) is 38.9 Å². The molecule has 2 rings (SSSR count). The average Bonchev–Trinajstić information content (AvgIpc) is 2.86. The summed E-state index contributed by atoms with van der Waals surface area (Å²) in [5, 5.41) is 22.1. The largest absolute Gasteiger partial charge is 0.393 e. The Labute approximate surface area is 117 Å². The van der Waals surface area contributed by atoms with Crippen LogP contribution in [0.3, 0.4) is 0 Å². The summed E-state index contributed by atoms with van der Waals surface area (Å²) in [6.45, 7) is 1.92. The molecule has 1 amide bonds. The number of aryl methyl sites for hydroxylation is 1. The molecule has 3 N–H and O–H groups in total. The molecule has 0 saturated heterocycles. The van der Waals surface area contributed by atoms with E-state index in [9.17, 15) is 14.9 Å². The number of carbonyl (C=O) groups excluding carboxylic acids is 1. The van der Waals surface area contributed by atoms with Crippen molar-refractivity contribution in [2.24, 2.45) is 0 Å². The Hall–Kier alpha value is -2.55. The summed E-state index contributed by atoms with van der Waals surface area (Å²) in [5.41, 5.74) is 5.20. The van der Waals surface area contributed by atoms with E-state index < -0.39 is 10.8 Å². The fourth-order valence-electron chi connectivity index (χ4n) is 1.52. The van der Waals surface area contributed by atoms with Crippen molar-refractivity contribution in [2.45, 2.75) is 13.3 Å². The summed E-state index contributed by atoms with van der Waals surface area (Å²) in [7, 11) is 0. The van der Waals surface area contributed by atoms with Crippen molar-refractivity contribution in [1.29, 1.82) is 0 Å². The summed E-state index contributed by atoms with van der Waals surface area (Å²) in [4.78, 5) is 22.2. The zero-order chi connectivity index (χ0) is 14.7. The number of nitrogens with zero attached hydrogens (tertiary/aromatic N) is 3. The number of nitrogens with one attached hydrogen (secondary N) is 1. The second-order valence-corrected chi connectivity index (χ2v) is 4.87. The van der Waals surface area contributed by atoms with Gasteiger partial charge in [-0.2, -0.15) is 0 Å². The van der Waals surface area contributed by atoms with E-state index in [4.69, 9.17) is 5.73 Å². The van der Waals surface area contributed by atoms with E-state index in [-0.39, 0.29) is 16.9 Å². The number of amides is 1. The number of carbonyl (C=O) groups is 1. The van der Waals surface area contributed by atoms with Gasteiger partial charge in [-0.15, -0.1) is 10.2 Å². The molecule has 0 aliphatic carbocycles. The summed E-state index contributed by atoms with van der Waals surface area (Å²) in [5.74, 6) is -0.551. The first-order chi connectivity index (χ1) is 9.52. The lowest BCUT2D eigenvalue weighted by Crippen LogP contribution is -2.14. The highest BCUT2D eigenvalue weighted by atomic mass is 32.1. The third-order valence-corrected chi connectivity index (χ3v) is 3.50.